The second kappa shape index (κ2) is 4.90. The topological polar surface area (TPSA) is 71.2 Å². The lowest BCUT2D eigenvalue weighted by molar-refractivity contribution is -0.117. The van der Waals surface area contributed by atoms with Gasteiger partial charge in [0.15, 0.2) is 5.13 Å². The molecule has 5 nitrogen and oxygen atoms in total. The molecule has 6 heteroatoms. The van der Waals surface area contributed by atoms with Crippen LogP contribution >= 0.6 is 11.3 Å². The monoisotopic (exact) mass is 240 g/mol. The lowest BCUT2D eigenvalue weighted by Gasteiger charge is -2.13. The van der Waals surface area contributed by atoms with Gasteiger partial charge in [0, 0.05) is 24.5 Å². The normalized spacial score (nSPS) is 21.2. The molecular formula is C10H16N4OS. The van der Waals surface area contributed by atoms with Gasteiger partial charge in [-0.25, -0.2) is 4.98 Å². The van der Waals surface area contributed by atoms with Gasteiger partial charge >= 0.3 is 0 Å². The van der Waals surface area contributed by atoms with E-state index in [1.165, 1.54) is 11.3 Å². The van der Waals surface area contributed by atoms with E-state index in [-0.39, 0.29) is 11.9 Å². The minimum atomic E-state index is -0.0107. The van der Waals surface area contributed by atoms with Crippen molar-refractivity contribution in [1.82, 2.24) is 9.88 Å². The van der Waals surface area contributed by atoms with Crippen molar-refractivity contribution in [2.45, 2.75) is 19.4 Å². The summed E-state index contributed by atoms with van der Waals surface area (Å²) in [5.74, 6) is -0.0107. The van der Waals surface area contributed by atoms with Gasteiger partial charge in [0.05, 0.1) is 12.2 Å². The van der Waals surface area contributed by atoms with Crippen molar-refractivity contribution in [2.24, 2.45) is 5.73 Å². The van der Waals surface area contributed by atoms with Crippen LogP contribution in [0.25, 0.3) is 0 Å². The number of carbonyl (C=O) groups is 1. The maximum Gasteiger partial charge on any atom is 0.240 e. The van der Waals surface area contributed by atoms with Gasteiger partial charge < -0.3 is 11.1 Å². The summed E-state index contributed by atoms with van der Waals surface area (Å²) in [4.78, 5) is 17.9. The highest BCUT2D eigenvalue weighted by molar-refractivity contribution is 7.13. The molecule has 0 unspecified atom stereocenters. The van der Waals surface area contributed by atoms with Crippen LogP contribution in [-0.2, 0) is 4.79 Å². The SMILES string of the molecule is Cc1csc(NC(=O)CN2CC[C@@H](N)C2)n1. The van der Waals surface area contributed by atoms with Crippen LogP contribution in [0.2, 0.25) is 0 Å². The van der Waals surface area contributed by atoms with Crippen molar-refractivity contribution < 1.29 is 4.79 Å². The number of aromatic nitrogens is 1. The predicted molar refractivity (Wildman–Crippen MR) is 64.5 cm³/mol. The first kappa shape index (κ1) is 11.5. The highest BCUT2D eigenvalue weighted by Crippen LogP contribution is 2.14. The van der Waals surface area contributed by atoms with Crippen LogP contribution < -0.4 is 11.1 Å². The molecule has 0 aromatic carbocycles. The molecule has 2 rings (SSSR count). The standard InChI is InChI=1S/C10H16N4OS/c1-7-6-16-10(12-7)13-9(15)5-14-3-2-8(11)4-14/h6,8H,2-5,11H2,1H3,(H,12,13,15)/t8-/m1/s1. The smallest absolute Gasteiger partial charge is 0.240 e. The summed E-state index contributed by atoms with van der Waals surface area (Å²) < 4.78 is 0. The van der Waals surface area contributed by atoms with Gasteiger partial charge in [0.2, 0.25) is 5.91 Å². The predicted octanol–water partition coefficient (Wildman–Crippen LogP) is 0.423. The molecule has 1 aliphatic heterocycles. The van der Waals surface area contributed by atoms with Crippen molar-refractivity contribution >= 4 is 22.4 Å². The van der Waals surface area contributed by atoms with Crippen molar-refractivity contribution in [2.75, 3.05) is 25.0 Å². The Bertz CT molecular complexity index is 379. The van der Waals surface area contributed by atoms with Crippen molar-refractivity contribution in [3.05, 3.63) is 11.1 Å². The number of anilines is 1. The third kappa shape index (κ3) is 3.01. The second-order valence-corrected chi connectivity index (χ2v) is 4.98. The van der Waals surface area contributed by atoms with E-state index in [1.807, 2.05) is 12.3 Å². The lowest BCUT2D eigenvalue weighted by atomic mass is 10.3. The molecular weight excluding hydrogens is 224 g/mol. The zero-order chi connectivity index (χ0) is 11.5. The summed E-state index contributed by atoms with van der Waals surface area (Å²) in [7, 11) is 0. The first-order chi connectivity index (χ1) is 7.63. The van der Waals surface area contributed by atoms with Gasteiger partial charge in [-0.15, -0.1) is 11.3 Å². The van der Waals surface area contributed by atoms with Crippen LogP contribution in [0.15, 0.2) is 5.38 Å². The molecule has 16 heavy (non-hydrogen) atoms. The molecule has 1 aromatic heterocycles. The second-order valence-electron chi connectivity index (χ2n) is 4.13. The number of nitrogens with zero attached hydrogens (tertiary/aromatic N) is 2. The molecule has 0 spiro atoms. The fourth-order valence-corrected chi connectivity index (χ4v) is 2.48. The van der Waals surface area contributed by atoms with E-state index in [2.05, 4.69) is 15.2 Å². The molecule has 0 saturated carbocycles. The fraction of sp³-hybridized carbons (Fsp3) is 0.600. The van der Waals surface area contributed by atoms with Crippen LogP contribution in [0.3, 0.4) is 0 Å². The van der Waals surface area contributed by atoms with E-state index in [0.29, 0.717) is 11.7 Å². The molecule has 1 saturated heterocycles. The molecule has 0 aliphatic carbocycles. The lowest BCUT2D eigenvalue weighted by Crippen LogP contribution is -2.33. The molecule has 1 aromatic rings. The summed E-state index contributed by atoms with van der Waals surface area (Å²) in [5.41, 5.74) is 6.71. The van der Waals surface area contributed by atoms with Crippen molar-refractivity contribution in [3.63, 3.8) is 0 Å². The van der Waals surface area contributed by atoms with Gasteiger partial charge in [-0.1, -0.05) is 0 Å². The van der Waals surface area contributed by atoms with E-state index in [1.54, 1.807) is 0 Å². The van der Waals surface area contributed by atoms with Crippen LogP contribution in [-0.4, -0.2) is 41.5 Å². The maximum absolute atomic E-state index is 11.7. The van der Waals surface area contributed by atoms with E-state index >= 15 is 0 Å². The van der Waals surface area contributed by atoms with Crippen LogP contribution in [0.5, 0.6) is 0 Å². The third-order valence-electron chi connectivity index (χ3n) is 2.54. The van der Waals surface area contributed by atoms with E-state index in [9.17, 15) is 4.79 Å². The Hall–Kier alpha value is -0.980. The van der Waals surface area contributed by atoms with Gasteiger partial charge in [0.1, 0.15) is 0 Å². The summed E-state index contributed by atoms with van der Waals surface area (Å²) in [6, 6.07) is 0.218. The maximum atomic E-state index is 11.7. The third-order valence-corrected chi connectivity index (χ3v) is 3.42. The summed E-state index contributed by atoms with van der Waals surface area (Å²) >= 11 is 1.45. The number of nitrogens with two attached hydrogens (primary N) is 1. The van der Waals surface area contributed by atoms with Crippen molar-refractivity contribution in [3.8, 4) is 0 Å². The Balaban J connectivity index is 1.80. The number of likely N-dealkylation sites (tertiary alicyclic amines) is 1. The zero-order valence-corrected chi connectivity index (χ0v) is 10.1. The Kier molecular flexibility index (Phi) is 3.52. The van der Waals surface area contributed by atoms with E-state index in [4.69, 9.17) is 5.73 Å². The number of nitrogens with one attached hydrogen (secondary N) is 1. The van der Waals surface area contributed by atoms with E-state index in [0.717, 1.165) is 25.2 Å². The zero-order valence-electron chi connectivity index (χ0n) is 9.27. The number of carbonyl (C=O) groups excluding carboxylic acids is 1. The molecule has 1 aliphatic rings. The van der Waals surface area contributed by atoms with Gasteiger partial charge in [-0.3, -0.25) is 9.69 Å². The Morgan fingerprint density at radius 2 is 2.62 bits per heavy atom. The van der Waals surface area contributed by atoms with Gasteiger partial charge in [-0.05, 0) is 13.3 Å². The Morgan fingerprint density at radius 3 is 3.19 bits per heavy atom. The van der Waals surface area contributed by atoms with Crippen molar-refractivity contribution in [1.29, 1.82) is 0 Å². The molecule has 2 heterocycles. The molecule has 88 valence electrons. The highest BCUT2D eigenvalue weighted by Gasteiger charge is 2.21. The first-order valence-electron chi connectivity index (χ1n) is 5.33. The number of rotatable bonds is 3. The number of aryl methyl sites for hydroxylation is 1. The molecule has 0 radical (unpaired) electrons. The summed E-state index contributed by atoms with van der Waals surface area (Å²) in [6.45, 7) is 4.04. The molecule has 1 fully saturated rings. The highest BCUT2D eigenvalue weighted by atomic mass is 32.1. The Labute approximate surface area is 98.7 Å². The average molecular weight is 240 g/mol. The molecule has 0 bridgehead atoms. The van der Waals surface area contributed by atoms with Gasteiger partial charge in [0.25, 0.3) is 0 Å². The fourth-order valence-electron chi connectivity index (χ4n) is 1.78. The Morgan fingerprint density at radius 1 is 1.81 bits per heavy atom. The largest absolute Gasteiger partial charge is 0.326 e. The average Bonchev–Trinajstić information content (AvgIpc) is 2.76. The first-order valence-corrected chi connectivity index (χ1v) is 6.21. The minimum absolute atomic E-state index is 0.0107. The van der Waals surface area contributed by atoms with Crippen LogP contribution in [0.1, 0.15) is 12.1 Å². The number of hydrogen-bond acceptors (Lipinski definition) is 5. The van der Waals surface area contributed by atoms with Gasteiger partial charge in [-0.2, -0.15) is 0 Å². The van der Waals surface area contributed by atoms with Crippen LogP contribution in [0.4, 0.5) is 5.13 Å². The number of hydrogen-bond donors (Lipinski definition) is 2. The minimum Gasteiger partial charge on any atom is -0.326 e. The molecule has 1 atom stereocenters. The summed E-state index contributed by atoms with van der Waals surface area (Å²) in [6.07, 6.45) is 0.976. The summed E-state index contributed by atoms with van der Waals surface area (Å²) in [5, 5.41) is 5.38. The van der Waals surface area contributed by atoms with Crippen LogP contribution in [0, 0.1) is 6.92 Å². The van der Waals surface area contributed by atoms with E-state index < -0.39 is 0 Å². The number of thiazole rings is 1. The number of amides is 1. The molecule has 1 amide bonds. The quantitative estimate of drug-likeness (QED) is 0.803. The molecule has 3 N–H and O–H groups in total.